The molecular formula is C27H23N5O. The molecule has 0 fully saturated rings. The largest absolute Gasteiger partial charge is 0.487 e. The van der Waals surface area contributed by atoms with Crippen LogP contribution in [-0.2, 0) is 13.0 Å². The summed E-state index contributed by atoms with van der Waals surface area (Å²) in [5.41, 5.74) is 6.10. The summed E-state index contributed by atoms with van der Waals surface area (Å²) in [6.45, 7) is 2.43. The van der Waals surface area contributed by atoms with Crippen molar-refractivity contribution in [3.63, 3.8) is 0 Å². The van der Waals surface area contributed by atoms with Crippen molar-refractivity contribution in [2.45, 2.75) is 20.0 Å². The van der Waals surface area contributed by atoms with Gasteiger partial charge in [-0.2, -0.15) is 4.68 Å². The van der Waals surface area contributed by atoms with Crippen molar-refractivity contribution in [2.75, 3.05) is 0 Å². The van der Waals surface area contributed by atoms with Gasteiger partial charge in [-0.15, -0.1) is 5.10 Å². The number of allylic oxidation sites excluding steroid dienone is 2. The van der Waals surface area contributed by atoms with Crippen molar-refractivity contribution in [1.29, 1.82) is 0 Å². The van der Waals surface area contributed by atoms with Gasteiger partial charge in [0.25, 0.3) is 0 Å². The average Bonchev–Trinajstić information content (AvgIpc) is 3.41. The lowest BCUT2D eigenvalue weighted by Crippen LogP contribution is -2.02. The number of hydrogen-bond acceptors (Lipinski definition) is 5. The monoisotopic (exact) mass is 433 g/mol. The standard InChI is InChI=1S/C27H23N5O/c1-2-3-8-21-10-7-14-26(32-19-28-30-31-32)27(21)22-11-6-12-24(17-22)33-18-23-16-15-20-9-4-5-13-25(20)29-23/h2-7,9-17,19H,8,18H2,1H3. The Morgan fingerprint density at radius 1 is 0.939 bits per heavy atom. The highest BCUT2D eigenvalue weighted by Crippen LogP contribution is 2.33. The summed E-state index contributed by atoms with van der Waals surface area (Å²) in [6.07, 6.45) is 6.63. The van der Waals surface area contributed by atoms with Gasteiger partial charge in [-0.05, 0) is 65.2 Å². The van der Waals surface area contributed by atoms with E-state index in [1.54, 1.807) is 11.0 Å². The highest BCUT2D eigenvalue weighted by atomic mass is 16.5. The first-order valence-electron chi connectivity index (χ1n) is 10.9. The van der Waals surface area contributed by atoms with E-state index in [0.717, 1.165) is 45.6 Å². The average molecular weight is 434 g/mol. The van der Waals surface area contributed by atoms with Gasteiger partial charge in [0.1, 0.15) is 18.7 Å². The first-order chi connectivity index (χ1) is 16.3. The Morgan fingerprint density at radius 3 is 2.73 bits per heavy atom. The molecule has 2 aromatic heterocycles. The predicted molar refractivity (Wildman–Crippen MR) is 129 cm³/mol. The smallest absolute Gasteiger partial charge is 0.143 e. The number of tetrazole rings is 1. The van der Waals surface area contributed by atoms with Gasteiger partial charge in [0, 0.05) is 10.9 Å². The molecule has 5 rings (SSSR count). The molecule has 0 aliphatic heterocycles. The molecule has 0 aliphatic rings. The van der Waals surface area contributed by atoms with E-state index in [-0.39, 0.29) is 0 Å². The SMILES string of the molecule is CC=CCc1cccc(-n2cnnn2)c1-c1cccc(OCc2ccc3ccccc3n2)c1. The molecule has 0 radical (unpaired) electrons. The Labute approximate surface area is 192 Å². The molecule has 3 aromatic carbocycles. The third kappa shape index (κ3) is 4.50. The fraction of sp³-hybridized carbons (Fsp3) is 0.111. The van der Waals surface area contributed by atoms with Crippen molar-refractivity contribution < 1.29 is 4.74 Å². The van der Waals surface area contributed by atoms with Crippen LogP contribution in [0.2, 0.25) is 0 Å². The Bertz CT molecular complexity index is 1410. The van der Waals surface area contributed by atoms with E-state index in [1.165, 1.54) is 5.56 Å². The fourth-order valence-electron chi connectivity index (χ4n) is 3.88. The van der Waals surface area contributed by atoms with E-state index < -0.39 is 0 Å². The van der Waals surface area contributed by atoms with Gasteiger partial charge in [-0.3, -0.25) is 0 Å². The number of aromatic nitrogens is 5. The highest BCUT2D eigenvalue weighted by Gasteiger charge is 2.14. The topological polar surface area (TPSA) is 65.7 Å². The number of para-hydroxylation sites is 1. The number of pyridine rings is 1. The van der Waals surface area contributed by atoms with Crippen molar-refractivity contribution in [3.05, 3.63) is 109 Å². The molecule has 0 N–H and O–H groups in total. The molecule has 6 heteroatoms. The van der Waals surface area contributed by atoms with Gasteiger partial charge in [-0.1, -0.05) is 60.7 Å². The molecule has 0 unspecified atom stereocenters. The van der Waals surface area contributed by atoms with Crippen LogP contribution in [0.15, 0.2) is 97.3 Å². The number of hydrogen-bond donors (Lipinski definition) is 0. The number of ether oxygens (including phenoxy) is 1. The Morgan fingerprint density at radius 2 is 1.85 bits per heavy atom. The van der Waals surface area contributed by atoms with Crippen LogP contribution in [-0.4, -0.2) is 25.2 Å². The zero-order valence-corrected chi connectivity index (χ0v) is 18.3. The maximum Gasteiger partial charge on any atom is 0.143 e. The van der Waals surface area contributed by atoms with Crippen molar-refractivity contribution in [3.8, 4) is 22.6 Å². The minimum Gasteiger partial charge on any atom is -0.487 e. The van der Waals surface area contributed by atoms with Crippen LogP contribution in [0.5, 0.6) is 5.75 Å². The van der Waals surface area contributed by atoms with Crippen LogP contribution in [0.25, 0.3) is 27.7 Å². The van der Waals surface area contributed by atoms with Gasteiger partial charge in [0.2, 0.25) is 0 Å². The third-order valence-corrected chi connectivity index (χ3v) is 5.46. The summed E-state index contributed by atoms with van der Waals surface area (Å²) in [7, 11) is 0. The zero-order valence-electron chi connectivity index (χ0n) is 18.3. The molecule has 0 saturated carbocycles. The summed E-state index contributed by atoms with van der Waals surface area (Å²) >= 11 is 0. The van der Waals surface area contributed by atoms with Crippen LogP contribution in [0.1, 0.15) is 18.2 Å². The summed E-state index contributed by atoms with van der Waals surface area (Å²) < 4.78 is 7.83. The van der Waals surface area contributed by atoms with Gasteiger partial charge >= 0.3 is 0 Å². The second kappa shape index (κ2) is 9.44. The molecule has 0 bridgehead atoms. The quantitative estimate of drug-likeness (QED) is 0.314. The summed E-state index contributed by atoms with van der Waals surface area (Å²) in [4.78, 5) is 4.71. The number of fused-ring (bicyclic) bond motifs is 1. The van der Waals surface area contributed by atoms with E-state index in [0.29, 0.717) is 6.61 Å². The molecule has 5 aromatic rings. The minimum absolute atomic E-state index is 0.397. The van der Waals surface area contributed by atoms with Gasteiger partial charge in [0.15, 0.2) is 0 Å². The van der Waals surface area contributed by atoms with E-state index in [4.69, 9.17) is 9.72 Å². The van der Waals surface area contributed by atoms with E-state index in [2.05, 4.69) is 58.0 Å². The molecule has 0 saturated heterocycles. The lowest BCUT2D eigenvalue weighted by Gasteiger charge is -2.15. The van der Waals surface area contributed by atoms with E-state index in [1.807, 2.05) is 55.5 Å². The van der Waals surface area contributed by atoms with Crippen molar-refractivity contribution in [2.24, 2.45) is 0 Å². The normalized spacial score (nSPS) is 11.3. The van der Waals surface area contributed by atoms with Crippen LogP contribution in [0.4, 0.5) is 0 Å². The molecule has 0 atom stereocenters. The second-order valence-electron chi connectivity index (χ2n) is 7.65. The Balaban J connectivity index is 1.47. The molecule has 0 aliphatic carbocycles. The molecule has 6 nitrogen and oxygen atoms in total. The predicted octanol–water partition coefficient (Wildman–Crippen LogP) is 5.58. The number of rotatable bonds is 7. The Kier molecular flexibility index (Phi) is 5.89. The molecule has 162 valence electrons. The number of benzene rings is 3. The molecule has 0 spiro atoms. The molecular weight excluding hydrogens is 410 g/mol. The number of nitrogens with zero attached hydrogens (tertiary/aromatic N) is 5. The van der Waals surface area contributed by atoms with Gasteiger partial charge in [0.05, 0.1) is 16.9 Å². The highest BCUT2D eigenvalue weighted by molar-refractivity contribution is 5.78. The fourth-order valence-corrected chi connectivity index (χ4v) is 3.88. The minimum atomic E-state index is 0.397. The van der Waals surface area contributed by atoms with Crippen molar-refractivity contribution in [1.82, 2.24) is 25.2 Å². The zero-order chi connectivity index (χ0) is 22.5. The van der Waals surface area contributed by atoms with Gasteiger partial charge < -0.3 is 4.74 Å². The Hall–Kier alpha value is -4.32. The first kappa shape index (κ1) is 20.6. The van der Waals surface area contributed by atoms with Crippen LogP contribution in [0.3, 0.4) is 0 Å². The lowest BCUT2D eigenvalue weighted by molar-refractivity contribution is 0.302. The molecule has 0 amide bonds. The first-order valence-corrected chi connectivity index (χ1v) is 10.9. The maximum absolute atomic E-state index is 6.13. The third-order valence-electron chi connectivity index (χ3n) is 5.46. The van der Waals surface area contributed by atoms with Crippen LogP contribution in [0, 0.1) is 0 Å². The molecule has 33 heavy (non-hydrogen) atoms. The van der Waals surface area contributed by atoms with Crippen LogP contribution < -0.4 is 4.74 Å². The lowest BCUT2D eigenvalue weighted by atomic mass is 9.95. The summed E-state index contributed by atoms with van der Waals surface area (Å²) in [5.74, 6) is 0.783. The maximum atomic E-state index is 6.13. The second-order valence-corrected chi connectivity index (χ2v) is 7.65. The van der Waals surface area contributed by atoms with E-state index in [9.17, 15) is 0 Å². The summed E-state index contributed by atoms with van der Waals surface area (Å²) in [6, 6.07) is 26.5. The van der Waals surface area contributed by atoms with E-state index >= 15 is 0 Å². The van der Waals surface area contributed by atoms with Gasteiger partial charge in [-0.25, -0.2) is 4.98 Å². The van der Waals surface area contributed by atoms with Crippen LogP contribution >= 0.6 is 0 Å². The summed E-state index contributed by atoms with van der Waals surface area (Å²) in [5, 5.41) is 12.9. The van der Waals surface area contributed by atoms with Crippen molar-refractivity contribution >= 4 is 10.9 Å². The molecule has 2 heterocycles.